The minimum Gasteiger partial charge on any atom is -0.482 e. The van der Waals surface area contributed by atoms with Crippen LogP contribution in [-0.4, -0.2) is 34.6 Å². The molecule has 22 heavy (non-hydrogen) atoms. The zero-order valence-electron chi connectivity index (χ0n) is 13.4. The number of carboxylic acids is 1. The number of carbonyl (C=O) groups excluding carboxylic acids is 1. The summed E-state index contributed by atoms with van der Waals surface area (Å²) in [6.45, 7) is 7.56. The summed E-state index contributed by atoms with van der Waals surface area (Å²) in [5.74, 6) is 0.581. The molecule has 1 atom stereocenters. The Morgan fingerprint density at radius 1 is 1.36 bits per heavy atom. The van der Waals surface area contributed by atoms with Crippen molar-refractivity contribution in [1.29, 1.82) is 0 Å². The number of aryl methyl sites for hydroxylation is 1. The van der Waals surface area contributed by atoms with E-state index in [0.29, 0.717) is 5.75 Å². The lowest BCUT2D eigenvalue weighted by atomic mass is 10.1. The number of thioether (sulfide) groups is 1. The van der Waals surface area contributed by atoms with Crippen molar-refractivity contribution in [3.63, 3.8) is 0 Å². The fraction of sp³-hybridized carbons (Fsp3) is 0.500. The highest BCUT2D eigenvalue weighted by Crippen LogP contribution is 2.25. The molecule has 0 bridgehead atoms. The van der Waals surface area contributed by atoms with Gasteiger partial charge in [-0.05, 0) is 42.4 Å². The van der Waals surface area contributed by atoms with E-state index >= 15 is 0 Å². The fourth-order valence-electron chi connectivity index (χ4n) is 1.97. The summed E-state index contributed by atoms with van der Waals surface area (Å²) in [4.78, 5) is 22.8. The van der Waals surface area contributed by atoms with Gasteiger partial charge in [0.1, 0.15) is 5.75 Å². The van der Waals surface area contributed by atoms with Gasteiger partial charge in [0.2, 0.25) is 5.91 Å². The average Bonchev–Trinajstić information content (AvgIpc) is 2.44. The fourth-order valence-corrected chi connectivity index (χ4v) is 2.92. The van der Waals surface area contributed by atoms with Crippen LogP contribution in [-0.2, 0) is 9.59 Å². The van der Waals surface area contributed by atoms with Crippen molar-refractivity contribution in [3.05, 3.63) is 23.8 Å². The molecular formula is C16H23NO4S. The van der Waals surface area contributed by atoms with Gasteiger partial charge in [-0.2, -0.15) is 0 Å². The Morgan fingerprint density at radius 3 is 2.55 bits per heavy atom. The van der Waals surface area contributed by atoms with Gasteiger partial charge >= 0.3 is 5.97 Å². The van der Waals surface area contributed by atoms with Gasteiger partial charge in [-0.15, -0.1) is 11.8 Å². The van der Waals surface area contributed by atoms with Crippen LogP contribution in [0.3, 0.4) is 0 Å². The van der Waals surface area contributed by atoms with Crippen LogP contribution in [0.1, 0.15) is 26.3 Å². The van der Waals surface area contributed by atoms with Crippen LogP contribution in [0.25, 0.3) is 0 Å². The number of amides is 1. The Morgan fingerprint density at radius 2 is 2.05 bits per heavy atom. The number of anilines is 1. The summed E-state index contributed by atoms with van der Waals surface area (Å²) < 4.78 is 5.12. The molecule has 2 N–H and O–H groups in total. The number of nitrogens with one attached hydrogen (secondary N) is 1. The molecular weight excluding hydrogens is 302 g/mol. The maximum atomic E-state index is 12.4. The molecule has 0 saturated carbocycles. The summed E-state index contributed by atoms with van der Waals surface area (Å²) >= 11 is 1.63. The Hall–Kier alpha value is -1.69. The van der Waals surface area contributed by atoms with Crippen LogP contribution < -0.4 is 10.1 Å². The number of rotatable bonds is 8. The second-order valence-corrected chi connectivity index (χ2v) is 6.69. The van der Waals surface area contributed by atoms with E-state index in [1.165, 1.54) is 0 Å². The Balaban J connectivity index is 2.76. The van der Waals surface area contributed by atoms with Gasteiger partial charge < -0.3 is 15.2 Å². The normalized spacial score (nSPS) is 12.0. The number of hydrogen-bond acceptors (Lipinski definition) is 4. The molecule has 0 aliphatic rings. The van der Waals surface area contributed by atoms with Gasteiger partial charge in [0.05, 0.1) is 5.25 Å². The molecule has 0 aliphatic carbocycles. The summed E-state index contributed by atoms with van der Waals surface area (Å²) in [6, 6.07) is 5.11. The summed E-state index contributed by atoms with van der Waals surface area (Å²) in [7, 11) is 0. The third-order valence-electron chi connectivity index (χ3n) is 3.03. The number of aliphatic carboxylic acids is 1. The quantitative estimate of drug-likeness (QED) is 0.768. The van der Waals surface area contributed by atoms with Crippen LogP contribution in [0.15, 0.2) is 18.2 Å². The predicted octanol–water partition coefficient (Wildman–Crippen LogP) is 3.17. The van der Waals surface area contributed by atoms with Gasteiger partial charge in [0.25, 0.3) is 0 Å². The molecule has 0 unspecified atom stereocenters. The standard InChI is InChI=1S/C16H23NO4S/c1-5-22-15(10(2)3)16(20)17-13-7-6-12(8-11(13)4)21-9-14(18)19/h6-8,10,15H,5,9H2,1-4H3,(H,17,20)(H,18,19)/t15-/m1/s1. The van der Waals surface area contributed by atoms with E-state index in [0.717, 1.165) is 17.0 Å². The molecule has 1 rings (SSSR count). The van der Waals surface area contributed by atoms with Crippen LogP contribution in [0.2, 0.25) is 0 Å². The highest BCUT2D eigenvalue weighted by atomic mass is 32.2. The molecule has 0 fully saturated rings. The molecule has 1 aromatic carbocycles. The Labute approximate surface area is 135 Å². The van der Waals surface area contributed by atoms with Crippen LogP contribution in [0.4, 0.5) is 5.69 Å². The van der Waals surface area contributed by atoms with Gasteiger partial charge in [0, 0.05) is 5.69 Å². The van der Waals surface area contributed by atoms with Gasteiger partial charge in [-0.25, -0.2) is 4.79 Å². The minimum atomic E-state index is -1.02. The monoisotopic (exact) mass is 325 g/mol. The van der Waals surface area contributed by atoms with Gasteiger partial charge in [-0.3, -0.25) is 4.79 Å². The molecule has 0 spiro atoms. The summed E-state index contributed by atoms with van der Waals surface area (Å²) in [5, 5.41) is 11.4. The zero-order chi connectivity index (χ0) is 16.7. The highest BCUT2D eigenvalue weighted by molar-refractivity contribution is 8.00. The van der Waals surface area contributed by atoms with Crippen molar-refractivity contribution in [2.24, 2.45) is 5.92 Å². The van der Waals surface area contributed by atoms with E-state index in [1.807, 2.05) is 27.7 Å². The lowest BCUT2D eigenvalue weighted by Gasteiger charge is -2.20. The average molecular weight is 325 g/mol. The molecule has 0 radical (unpaired) electrons. The molecule has 1 amide bonds. The molecule has 0 heterocycles. The third kappa shape index (κ3) is 5.60. The number of ether oxygens (including phenoxy) is 1. The molecule has 0 saturated heterocycles. The highest BCUT2D eigenvalue weighted by Gasteiger charge is 2.22. The van der Waals surface area contributed by atoms with Crippen LogP contribution in [0.5, 0.6) is 5.75 Å². The summed E-state index contributed by atoms with van der Waals surface area (Å²) in [5.41, 5.74) is 1.55. The maximum absolute atomic E-state index is 12.4. The molecule has 0 aromatic heterocycles. The minimum absolute atomic E-state index is 0.0100. The first-order valence-corrected chi connectivity index (χ1v) is 8.27. The van der Waals surface area contributed by atoms with E-state index in [-0.39, 0.29) is 23.7 Å². The largest absolute Gasteiger partial charge is 0.482 e. The van der Waals surface area contributed by atoms with Gasteiger partial charge in [0.15, 0.2) is 6.61 Å². The van der Waals surface area contributed by atoms with Gasteiger partial charge in [-0.1, -0.05) is 20.8 Å². The summed E-state index contributed by atoms with van der Waals surface area (Å²) in [6.07, 6.45) is 0. The third-order valence-corrected chi connectivity index (χ3v) is 4.48. The molecule has 6 heteroatoms. The van der Waals surface area contributed by atoms with E-state index in [2.05, 4.69) is 5.32 Å². The number of carboxylic acid groups (broad SMARTS) is 1. The predicted molar refractivity (Wildman–Crippen MR) is 89.7 cm³/mol. The van der Waals surface area contributed by atoms with E-state index in [4.69, 9.17) is 9.84 Å². The Kier molecular flexibility index (Phi) is 7.24. The lowest BCUT2D eigenvalue weighted by molar-refractivity contribution is -0.139. The smallest absolute Gasteiger partial charge is 0.341 e. The second kappa shape index (κ2) is 8.68. The SMILES string of the molecule is CCS[C@@H](C(=O)Nc1ccc(OCC(=O)O)cc1C)C(C)C. The van der Waals surface area contributed by atoms with Crippen LogP contribution in [0, 0.1) is 12.8 Å². The second-order valence-electron chi connectivity index (χ2n) is 5.27. The first kappa shape index (κ1) is 18.4. The van der Waals surface area contributed by atoms with Crippen molar-refractivity contribution in [2.75, 3.05) is 17.7 Å². The van der Waals surface area contributed by atoms with E-state index < -0.39 is 5.97 Å². The van der Waals surface area contributed by atoms with E-state index in [9.17, 15) is 9.59 Å². The van der Waals surface area contributed by atoms with E-state index in [1.54, 1.807) is 30.0 Å². The van der Waals surface area contributed by atoms with Crippen molar-refractivity contribution < 1.29 is 19.4 Å². The lowest BCUT2D eigenvalue weighted by Crippen LogP contribution is -2.30. The first-order valence-electron chi connectivity index (χ1n) is 7.22. The zero-order valence-corrected chi connectivity index (χ0v) is 14.2. The molecule has 0 aliphatic heterocycles. The molecule has 5 nitrogen and oxygen atoms in total. The number of hydrogen-bond donors (Lipinski definition) is 2. The first-order chi connectivity index (χ1) is 10.3. The molecule has 122 valence electrons. The Bertz CT molecular complexity index is 531. The number of carbonyl (C=O) groups is 2. The number of benzene rings is 1. The molecule has 1 aromatic rings. The van der Waals surface area contributed by atoms with Crippen molar-refractivity contribution >= 4 is 29.3 Å². The van der Waals surface area contributed by atoms with Crippen molar-refractivity contribution in [1.82, 2.24) is 0 Å². The topological polar surface area (TPSA) is 75.6 Å². The van der Waals surface area contributed by atoms with Crippen LogP contribution >= 0.6 is 11.8 Å². The van der Waals surface area contributed by atoms with Crippen molar-refractivity contribution in [3.8, 4) is 5.75 Å². The maximum Gasteiger partial charge on any atom is 0.341 e. The van der Waals surface area contributed by atoms with Crippen molar-refractivity contribution in [2.45, 2.75) is 32.9 Å².